The van der Waals surface area contributed by atoms with Crippen LogP contribution in [-0.4, -0.2) is 41.7 Å². The molecule has 2 N–H and O–H groups in total. The molecule has 1 aromatic carbocycles. The van der Waals surface area contributed by atoms with Gasteiger partial charge < -0.3 is 15.3 Å². The van der Waals surface area contributed by atoms with Gasteiger partial charge in [0.05, 0.1) is 6.10 Å². The summed E-state index contributed by atoms with van der Waals surface area (Å²) < 4.78 is 0. The van der Waals surface area contributed by atoms with Gasteiger partial charge in [-0.05, 0) is 36.6 Å². The Kier molecular flexibility index (Phi) is 3.06. The van der Waals surface area contributed by atoms with Crippen LogP contribution >= 0.6 is 0 Å². The van der Waals surface area contributed by atoms with Crippen molar-refractivity contribution in [3.05, 3.63) is 34.9 Å². The van der Waals surface area contributed by atoms with E-state index in [4.69, 9.17) is 0 Å². The van der Waals surface area contributed by atoms with Crippen molar-refractivity contribution in [3.63, 3.8) is 0 Å². The Morgan fingerprint density at radius 1 is 1.44 bits per heavy atom. The summed E-state index contributed by atoms with van der Waals surface area (Å²) in [6.45, 7) is 2.92. The van der Waals surface area contributed by atoms with Gasteiger partial charge in [0.2, 0.25) is 0 Å². The van der Waals surface area contributed by atoms with Gasteiger partial charge >= 0.3 is 0 Å². The Balaban J connectivity index is 1.90. The average Bonchev–Trinajstić information content (AvgIpc) is 2.84. The Hall–Kier alpha value is -1.39. The third-order valence-electron chi connectivity index (χ3n) is 3.82. The molecule has 96 valence electrons. The highest BCUT2D eigenvalue weighted by Gasteiger charge is 2.27. The molecule has 1 aromatic rings. The van der Waals surface area contributed by atoms with Crippen LogP contribution < -0.4 is 5.32 Å². The van der Waals surface area contributed by atoms with Crippen molar-refractivity contribution in [2.45, 2.75) is 25.5 Å². The quantitative estimate of drug-likeness (QED) is 0.760. The molecule has 0 radical (unpaired) electrons. The zero-order valence-electron chi connectivity index (χ0n) is 10.4. The molecule has 2 aliphatic heterocycles. The molecule has 0 bridgehead atoms. The molecule has 1 atom stereocenters. The number of hydrogen-bond donors (Lipinski definition) is 2. The minimum absolute atomic E-state index is 0.0744. The predicted molar refractivity (Wildman–Crippen MR) is 68.4 cm³/mol. The maximum atomic E-state index is 12.5. The maximum Gasteiger partial charge on any atom is 0.254 e. The van der Waals surface area contributed by atoms with E-state index in [1.54, 1.807) is 4.90 Å². The topological polar surface area (TPSA) is 52.6 Å². The second kappa shape index (κ2) is 4.71. The van der Waals surface area contributed by atoms with E-state index in [0.29, 0.717) is 19.5 Å². The molecule has 4 heteroatoms. The van der Waals surface area contributed by atoms with Gasteiger partial charge in [-0.1, -0.05) is 12.1 Å². The van der Waals surface area contributed by atoms with Crippen LogP contribution in [0.1, 0.15) is 27.9 Å². The van der Waals surface area contributed by atoms with Crippen LogP contribution in [0.2, 0.25) is 0 Å². The first kappa shape index (κ1) is 11.7. The van der Waals surface area contributed by atoms with E-state index in [2.05, 4.69) is 11.4 Å². The molecule has 1 amide bonds. The summed E-state index contributed by atoms with van der Waals surface area (Å²) in [6, 6.07) is 5.94. The second-order valence-electron chi connectivity index (χ2n) is 5.06. The van der Waals surface area contributed by atoms with Gasteiger partial charge in [0.1, 0.15) is 0 Å². The lowest BCUT2D eigenvalue weighted by Crippen LogP contribution is -2.32. The van der Waals surface area contributed by atoms with Gasteiger partial charge in [0, 0.05) is 25.2 Å². The molecule has 1 saturated heterocycles. The lowest BCUT2D eigenvalue weighted by Gasteiger charge is -2.22. The summed E-state index contributed by atoms with van der Waals surface area (Å²) >= 11 is 0. The molecule has 0 saturated carbocycles. The number of fused-ring (bicyclic) bond motifs is 1. The minimum Gasteiger partial charge on any atom is -0.391 e. The molecule has 4 nitrogen and oxygen atoms in total. The largest absolute Gasteiger partial charge is 0.391 e. The summed E-state index contributed by atoms with van der Waals surface area (Å²) in [4.78, 5) is 14.2. The van der Waals surface area contributed by atoms with Gasteiger partial charge in [0.25, 0.3) is 5.91 Å². The zero-order chi connectivity index (χ0) is 12.5. The molecular weight excluding hydrogens is 228 g/mol. The third-order valence-corrected chi connectivity index (χ3v) is 3.82. The van der Waals surface area contributed by atoms with E-state index in [-0.39, 0.29) is 12.0 Å². The molecule has 0 spiro atoms. The van der Waals surface area contributed by atoms with E-state index < -0.39 is 0 Å². The highest BCUT2D eigenvalue weighted by Crippen LogP contribution is 2.22. The van der Waals surface area contributed by atoms with Gasteiger partial charge in [-0.3, -0.25) is 4.79 Å². The average molecular weight is 246 g/mol. The van der Waals surface area contributed by atoms with Crippen LogP contribution in [0.25, 0.3) is 0 Å². The second-order valence-corrected chi connectivity index (χ2v) is 5.06. The first-order valence-electron chi connectivity index (χ1n) is 6.54. The summed E-state index contributed by atoms with van der Waals surface area (Å²) in [6.07, 6.45) is 1.26. The summed E-state index contributed by atoms with van der Waals surface area (Å²) in [7, 11) is 0. The number of hydrogen-bond acceptors (Lipinski definition) is 3. The Labute approximate surface area is 107 Å². The van der Waals surface area contributed by atoms with E-state index in [0.717, 1.165) is 25.1 Å². The number of carbonyl (C=O) groups is 1. The molecule has 2 aliphatic rings. The third kappa shape index (κ3) is 2.02. The number of β-amino-alcohol motifs (C(OH)–C–C–N with tert-alkyl or cyclic N) is 1. The summed E-state index contributed by atoms with van der Waals surface area (Å²) in [5, 5.41) is 12.8. The van der Waals surface area contributed by atoms with Gasteiger partial charge in [-0.2, -0.15) is 0 Å². The molecule has 0 aromatic heterocycles. The highest BCUT2D eigenvalue weighted by atomic mass is 16.3. The van der Waals surface area contributed by atoms with Gasteiger partial charge in [-0.15, -0.1) is 0 Å². The highest BCUT2D eigenvalue weighted by molar-refractivity contribution is 5.96. The van der Waals surface area contributed by atoms with Crippen LogP contribution in [-0.2, 0) is 13.0 Å². The van der Waals surface area contributed by atoms with Crippen LogP contribution in [0.15, 0.2) is 18.2 Å². The summed E-state index contributed by atoms with van der Waals surface area (Å²) in [5.74, 6) is 0.0744. The van der Waals surface area contributed by atoms with Crippen molar-refractivity contribution in [1.82, 2.24) is 10.2 Å². The number of carbonyl (C=O) groups excluding carboxylic acids is 1. The predicted octanol–water partition coefficient (Wildman–Crippen LogP) is 0.539. The fraction of sp³-hybridized carbons (Fsp3) is 0.500. The standard InChI is InChI=1S/C14H18N2O2/c17-11-5-7-16(9-11)14(18)13-3-1-2-10-8-15-6-4-12(10)13/h1-3,11,15,17H,4-9H2/t11-/m1/s1. The summed E-state index contributed by atoms with van der Waals surface area (Å²) in [5.41, 5.74) is 3.23. The van der Waals surface area contributed by atoms with E-state index in [1.165, 1.54) is 11.1 Å². The lowest BCUT2D eigenvalue weighted by molar-refractivity contribution is 0.0763. The number of rotatable bonds is 1. The maximum absolute atomic E-state index is 12.5. The van der Waals surface area contributed by atoms with E-state index in [1.807, 2.05) is 12.1 Å². The fourth-order valence-electron chi connectivity index (χ4n) is 2.83. The zero-order valence-corrected chi connectivity index (χ0v) is 10.4. The van der Waals surface area contributed by atoms with Gasteiger partial charge in [-0.25, -0.2) is 0 Å². The van der Waals surface area contributed by atoms with Crippen LogP contribution in [0.3, 0.4) is 0 Å². The van der Waals surface area contributed by atoms with Crippen LogP contribution in [0.4, 0.5) is 0 Å². The van der Waals surface area contributed by atoms with Crippen molar-refractivity contribution in [1.29, 1.82) is 0 Å². The minimum atomic E-state index is -0.352. The SMILES string of the molecule is O=C(c1cccc2c1CCNC2)N1CC[C@@H](O)C1. The number of aliphatic hydroxyl groups excluding tert-OH is 1. The van der Waals surface area contributed by atoms with E-state index >= 15 is 0 Å². The number of likely N-dealkylation sites (tertiary alicyclic amines) is 1. The molecule has 1 fully saturated rings. The molecule has 2 heterocycles. The van der Waals surface area contributed by atoms with Crippen molar-refractivity contribution in [2.75, 3.05) is 19.6 Å². The Bertz CT molecular complexity index is 473. The van der Waals surface area contributed by atoms with Crippen molar-refractivity contribution in [3.8, 4) is 0 Å². The first-order valence-corrected chi connectivity index (χ1v) is 6.54. The van der Waals surface area contributed by atoms with E-state index in [9.17, 15) is 9.90 Å². The first-order chi connectivity index (χ1) is 8.75. The number of aliphatic hydroxyl groups is 1. The lowest BCUT2D eigenvalue weighted by atomic mass is 9.95. The monoisotopic (exact) mass is 246 g/mol. The number of nitrogens with one attached hydrogen (secondary N) is 1. The van der Waals surface area contributed by atoms with Crippen LogP contribution in [0.5, 0.6) is 0 Å². The Morgan fingerprint density at radius 3 is 3.11 bits per heavy atom. The van der Waals surface area contributed by atoms with Gasteiger partial charge in [0.15, 0.2) is 0 Å². The molecule has 3 rings (SSSR count). The molecule has 18 heavy (non-hydrogen) atoms. The molecule has 0 unspecified atom stereocenters. The normalized spacial score (nSPS) is 22.9. The number of benzene rings is 1. The number of amides is 1. The molecule has 0 aliphatic carbocycles. The number of nitrogens with zero attached hydrogens (tertiary/aromatic N) is 1. The van der Waals surface area contributed by atoms with Crippen molar-refractivity contribution >= 4 is 5.91 Å². The fourth-order valence-corrected chi connectivity index (χ4v) is 2.83. The van der Waals surface area contributed by atoms with Crippen LogP contribution in [0, 0.1) is 0 Å². The van der Waals surface area contributed by atoms with Crippen molar-refractivity contribution in [2.24, 2.45) is 0 Å². The Morgan fingerprint density at radius 2 is 2.33 bits per heavy atom. The van der Waals surface area contributed by atoms with Crippen molar-refractivity contribution < 1.29 is 9.90 Å². The smallest absolute Gasteiger partial charge is 0.254 e. The molecular formula is C14H18N2O2.